The van der Waals surface area contributed by atoms with Gasteiger partial charge in [-0.3, -0.25) is 4.79 Å². The molecule has 0 aromatic carbocycles. The van der Waals surface area contributed by atoms with Gasteiger partial charge in [-0.05, 0) is 56.1 Å². The second kappa shape index (κ2) is 6.00. The van der Waals surface area contributed by atoms with Gasteiger partial charge in [0.1, 0.15) is 5.76 Å². The Bertz CT molecular complexity index is 443. The highest BCUT2D eigenvalue weighted by molar-refractivity contribution is 5.78. The summed E-state index contributed by atoms with van der Waals surface area (Å²) >= 11 is 0. The molecule has 0 aliphatic heterocycles. The Morgan fingerprint density at radius 1 is 1.45 bits per heavy atom. The fourth-order valence-electron chi connectivity index (χ4n) is 4.03. The first-order valence-electron chi connectivity index (χ1n) is 7.75. The van der Waals surface area contributed by atoms with Gasteiger partial charge in [0.2, 0.25) is 5.91 Å². The number of hydrogen-bond donors (Lipinski definition) is 2. The molecule has 110 valence electrons. The Kier molecular flexibility index (Phi) is 4.10. The lowest BCUT2D eigenvalue weighted by atomic mass is 9.84. The van der Waals surface area contributed by atoms with Crippen molar-refractivity contribution in [2.75, 3.05) is 6.54 Å². The molecule has 0 radical (unpaired) electrons. The summed E-state index contributed by atoms with van der Waals surface area (Å²) in [4.78, 5) is 11.9. The van der Waals surface area contributed by atoms with E-state index < -0.39 is 0 Å². The smallest absolute Gasteiger partial charge is 0.234 e. The van der Waals surface area contributed by atoms with Gasteiger partial charge in [0.15, 0.2) is 0 Å². The van der Waals surface area contributed by atoms with E-state index in [0.717, 1.165) is 17.6 Å². The molecule has 2 fully saturated rings. The number of fused-ring (bicyclic) bond motifs is 2. The maximum atomic E-state index is 11.9. The van der Waals surface area contributed by atoms with Crippen LogP contribution >= 0.6 is 0 Å². The van der Waals surface area contributed by atoms with Crippen LogP contribution in [0, 0.1) is 17.8 Å². The molecule has 2 aliphatic rings. The van der Waals surface area contributed by atoms with Gasteiger partial charge in [-0.15, -0.1) is 0 Å². The first-order valence-corrected chi connectivity index (χ1v) is 7.75. The molecule has 4 heteroatoms. The lowest BCUT2D eigenvalue weighted by molar-refractivity contribution is -0.121. The Hall–Kier alpha value is -1.29. The minimum absolute atomic E-state index is 0.0897. The molecule has 2 saturated carbocycles. The van der Waals surface area contributed by atoms with Crippen molar-refractivity contribution in [2.24, 2.45) is 17.8 Å². The fourth-order valence-corrected chi connectivity index (χ4v) is 4.03. The van der Waals surface area contributed by atoms with Crippen molar-refractivity contribution in [3.8, 4) is 0 Å². The van der Waals surface area contributed by atoms with Gasteiger partial charge < -0.3 is 15.1 Å². The minimum atomic E-state index is 0.0897. The number of furan rings is 1. The van der Waals surface area contributed by atoms with Gasteiger partial charge in [0, 0.05) is 6.04 Å². The van der Waals surface area contributed by atoms with Crippen molar-refractivity contribution in [2.45, 2.75) is 45.2 Å². The molecular weight excluding hydrogens is 252 g/mol. The number of carbonyl (C=O) groups is 1. The highest BCUT2D eigenvalue weighted by atomic mass is 16.3. The first-order chi connectivity index (χ1) is 9.72. The van der Waals surface area contributed by atoms with Gasteiger partial charge in [0.25, 0.3) is 0 Å². The van der Waals surface area contributed by atoms with Crippen LogP contribution in [0.25, 0.3) is 0 Å². The Balaban J connectivity index is 1.38. The third-order valence-corrected chi connectivity index (χ3v) is 4.99. The highest BCUT2D eigenvalue weighted by Crippen LogP contribution is 2.49. The zero-order chi connectivity index (χ0) is 13.9. The van der Waals surface area contributed by atoms with Gasteiger partial charge in [-0.25, -0.2) is 0 Å². The Morgan fingerprint density at radius 3 is 3.00 bits per heavy atom. The van der Waals surface area contributed by atoms with E-state index in [2.05, 4.69) is 17.6 Å². The molecular formula is C16H24N2O2. The molecule has 2 bridgehead atoms. The SMILES string of the molecule is C[C@@H](NC(=O)CNCc1ccco1)[C@@H]1C[C@H]2CC[C@H]1C2. The summed E-state index contributed by atoms with van der Waals surface area (Å²) in [5, 5.41) is 6.27. The van der Waals surface area contributed by atoms with Gasteiger partial charge >= 0.3 is 0 Å². The molecule has 0 saturated heterocycles. The average molecular weight is 276 g/mol. The van der Waals surface area contributed by atoms with E-state index in [1.54, 1.807) is 6.26 Å². The normalized spacial score (nSPS) is 29.6. The molecule has 0 unspecified atom stereocenters. The number of hydrogen-bond acceptors (Lipinski definition) is 3. The van der Waals surface area contributed by atoms with E-state index in [4.69, 9.17) is 4.42 Å². The predicted octanol–water partition coefficient (Wildman–Crippen LogP) is 2.31. The van der Waals surface area contributed by atoms with Crippen LogP contribution in [0.3, 0.4) is 0 Å². The topological polar surface area (TPSA) is 54.3 Å². The molecule has 4 nitrogen and oxygen atoms in total. The van der Waals surface area contributed by atoms with Crippen LogP contribution in [-0.4, -0.2) is 18.5 Å². The molecule has 20 heavy (non-hydrogen) atoms. The van der Waals surface area contributed by atoms with E-state index in [0.29, 0.717) is 25.0 Å². The number of nitrogens with one attached hydrogen (secondary N) is 2. The maximum Gasteiger partial charge on any atom is 0.234 e. The van der Waals surface area contributed by atoms with Crippen LogP contribution in [-0.2, 0) is 11.3 Å². The van der Waals surface area contributed by atoms with E-state index in [1.807, 2.05) is 12.1 Å². The summed E-state index contributed by atoms with van der Waals surface area (Å²) in [5.74, 6) is 3.43. The first kappa shape index (κ1) is 13.7. The molecule has 1 aromatic heterocycles. The van der Waals surface area contributed by atoms with Gasteiger partial charge in [0.05, 0.1) is 19.4 Å². The van der Waals surface area contributed by atoms with Crippen LogP contribution in [0.15, 0.2) is 22.8 Å². The maximum absolute atomic E-state index is 11.9. The summed E-state index contributed by atoms with van der Waals surface area (Å²) in [6.45, 7) is 3.12. The number of carbonyl (C=O) groups excluding carboxylic acids is 1. The molecule has 1 amide bonds. The highest BCUT2D eigenvalue weighted by Gasteiger charge is 2.41. The van der Waals surface area contributed by atoms with Crippen molar-refractivity contribution in [3.05, 3.63) is 24.2 Å². The third-order valence-electron chi connectivity index (χ3n) is 4.99. The van der Waals surface area contributed by atoms with E-state index in [9.17, 15) is 4.79 Å². The summed E-state index contributed by atoms with van der Waals surface area (Å²) in [5.41, 5.74) is 0. The Labute approximate surface area is 120 Å². The molecule has 2 aliphatic carbocycles. The second-order valence-corrected chi connectivity index (χ2v) is 6.38. The van der Waals surface area contributed by atoms with Crippen LogP contribution in [0.4, 0.5) is 0 Å². The molecule has 3 rings (SSSR count). The average Bonchev–Trinajstić information content (AvgIpc) is 3.15. The predicted molar refractivity (Wildman–Crippen MR) is 77.0 cm³/mol. The minimum Gasteiger partial charge on any atom is -0.468 e. The number of amides is 1. The third kappa shape index (κ3) is 3.06. The van der Waals surface area contributed by atoms with Crippen molar-refractivity contribution in [1.82, 2.24) is 10.6 Å². The summed E-state index contributed by atoms with van der Waals surface area (Å²) < 4.78 is 5.22. The van der Waals surface area contributed by atoms with Crippen LogP contribution in [0.5, 0.6) is 0 Å². The molecule has 1 aromatic rings. The van der Waals surface area contributed by atoms with Crippen molar-refractivity contribution in [1.29, 1.82) is 0 Å². The lowest BCUT2D eigenvalue weighted by Crippen LogP contribution is -2.43. The van der Waals surface area contributed by atoms with Crippen LogP contribution < -0.4 is 10.6 Å². The lowest BCUT2D eigenvalue weighted by Gasteiger charge is -2.28. The van der Waals surface area contributed by atoms with Crippen molar-refractivity contribution in [3.63, 3.8) is 0 Å². The van der Waals surface area contributed by atoms with Crippen LogP contribution in [0.1, 0.15) is 38.4 Å². The van der Waals surface area contributed by atoms with E-state index >= 15 is 0 Å². The summed E-state index contributed by atoms with van der Waals surface area (Å²) in [6.07, 6.45) is 7.13. The zero-order valence-corrected chi connectivity index (χ0v) is 12.1. The summed E-state index contributed by atoms with van der Waals surface area (Å²) in [6, 6.07) is 4.07. The fraction of sp³-hybridized carbons (Fsp3) is 0.688. The standard InChI is InChI=1S/C16H24N2O2/c1-11(15-8-12-4-5-13(15)7-12)18-16(19)10-17-9-14-3-2-6-20-14/h2-3,6,11-13,15,17H,4-5,7-10H2,1H3,(H,18,19)/t11-,12+,13+,15+/m1/s1. The van der Waals surface area contributed by atoms with Crippen LogP contribution in [0.2, 0.25) is 0 Å². The molecule has 0 spiro atoms. The van der Waals surface area contributed by atoms with E-state index in [-0.39, 0.29) is 5.91 Å². The summed E-state index contributed by atoms with van der Waals surface area (Å²) in [7, 11) is 0. The molecule has 4 atom stereocenters. The van der Waals surface area contributed by atoms with Gasteiger partial charge in [-0.2, -0.15) is 0 Å². The van der Waals surface area contributed by atoms with Crippen molar-refractivity contribution >= 4 is 5.91 Å². The Morgan fingerprint density at radius 2 is 2.35 bits per heavy atom. The van der Waals surface area contributed by atoms with Gasteiger partial charge in [-0.1, -0.05) is 6.42 Å². The molecule has 1 heterocycles. The monoisotopic (exact) mass is 276 g/mol. The van der Waals surface area contributed by atoms with Crippen molar-refractivity contribution < 1.29 is 9.21 Å². The largest absolute Gasteiger partial charge is 0.468 e. The quantitative estimate of drug-likeness (QED) is 0.838. The second-order valence-electron chi connectivity index (χ2n) is 6.38. The molecule has 2 N–H and O–H groups in total. The number of rotatable bonds is 6. The zero-order valence-electron chi connectivity index (χ0n) is 12.1. The van der Waals surface area contributed by atoms with E-state index in [1.165, 1.54) is 25.7 Å².